The Balaban J connectivity index is 2.26. The van der Waals surface area contributed by atoms with E-state index in [-0.39, 0.29) is 11.7 Å². The topological polar surface area (TPSA) is 49.4 Å². The fourth-order valence-corrected chi connectivity index (χ4v) is 3.52. The van der Waals surface area contributed by atoms with Crippen molar-refractivity contribution in [1.29, 1.82) is 0 Å². The molecule has 2 aromatic carbocycles. The number of benzene rings is 2. The Bertz CT molecular complexity index is 810. The molecule has 0 aromatic heterocycles. The predicted molar refractivity (Wildman–Crippen MR) is 129 cm³/mol. The number of nitrogens with one attached hydrogen (secondary N) is 1. The summed E-state index contributed by atoms with van der Waals surface area (Å²) in [6.45, 7) is 10.0. The van der Waals surface area contributed by atoms with Crippen LogP contribution in [0.1, 0.15) is 65.9 Å². The zero-order valence-electron chi connectivity index (χ0n) is 19.7. The monoisotopic (exact) mass is 422 g/mol. The van der Waals surface area contributed by atoms with Crippen LogP contribution in [0.2, 0.25) is 0 Å². The molecule has 4 nitrogen and oxygen atoms in total. The van der Waals surface area contributed by atoms with Crippen LogP contribution >= 0.6 is 0 Å². The molecule has 0 aliphatic rings. The lowest BCUT2D eigenvalue weighted by atomic mass is 9.84. The van der Waals surface area contributed by atoms with Crippen molar-refractivity contribution >= 4 is 17.4 Å². The molecular formula is C27H38N2O2. The van der Waals surface area contributed by atoms with Crippen molar-refractivity contribution in [3.63, 3.8) is 0 Å². The first kappa shape index (κ1) is 24.6. The molecular weight excluding hydrogens is 384 g/mol. The molecule has 168 valence electrons. The van der Waals surface area contributed by atoms with Gasteiger partial charge in [0, 0.05) is 11.8 Å². The third-order valence-electron chi connectivity index (χ3n) is 5.37. The fraction of sp³-hybridized carbons (Fsp3) is 0.481. The lowest BCUT2D eigenvalue weighted by Crippen LogP contribution is -2.51. The molecule has 0 heterocycles. The van der Waals surface area contributed by atoms with Gasteiger partial charge in [0.05, 0.1) is 5.69 Å². The predicted octanol–water partition coefficient (Wildman–Crippen LogP) is 6.29. The van der Waals surface area contributed by atoms with E-state index in [1.165, 1.54) is 5.56 Å². The van der Waals surface area contributed by atoms with Crippen molar-refractivity contribution in [2.45, 2.75) is 72.8 Å². The fourth-order valence-electron chi connectivity index (χ4n) is 3.52. The molecule has 0 radical (unpaired) electrons. The molecule has 0 fully saturated rings. The molecule has 1 amide bonds. The van der Waals surface area contributed by atoms with Crippen molar-refractivity contribution in [3.8, 4) is 0 Å². The van der Waals surface area contributed by atoms with E-state index in [1.807, 2.05) is 69.3 Å². The average molecular weight is 423 g/mol. The molecule has 31 heavy (non-hydrogen) atoms. The summed E-state index contributed by atoms with van der Waals surface area (Å²) in [7, 11) is 0. The summed E-state index contributed by atoms with van der Waals surface area (Å²) < 4.78 is 0. The molecule has 0 spiro atoms. The van der Waals surface area contributed by atoms with Crippen molar-refractivity contribution in [2.75, 3.05) is 5.43 Å². The summed E-state index contributed by atoms with van der Waals surface area (Å²) in [6.07, 6.45) is 3.56. The summed E-state index contributed by atoms with van der Waals surface area (Å²) in [4.78, 5) is 26.7. The maximum absolute atomic E-state index is 13.4. The normalized spacial score (nSPS) is 12.5. The number of aryl methyl sites for hydroxylation is 1. The van der Waals surface area contributed by atoms with E-state index >= 15 is 0 Å². The van der Waals surface area contributed by atoms with E-state index in [4.69, 9.17) is 0 Å². The Morgan fingerprint density at radius 2 is 1.48 bits per heavy atom. The van der Waals surface area contributed by atoms with Gasteiger partial charge in [-0.25, -0.2) is 5.01 Å². The van der Waals surface area contributed by atoms with Gasteiger partial charge in [-0.15, -0.1) is 0 Å². The minimum atomic E-state index is -0.535. The van der Waals surface area contributed by atoms with Gasteiger partial charge in [-0.3, -0.25) is 15.0 Å². The highest BCUT2D eigenvalue weighted by Gasteiger charge is 2.36. The Kier molecular flexibility index (Phi) is 9.29. The maximum Gasteiger partial charge on any atom is 0.241 e. The molecule has 0 aliphatic carbocycles. The van der Waals surface area contributed by atoms with Crippen LogP contribution in [0.3, 0.4) is 0 Å². The molecule has 0 saturated carbocycles. The third-order valence-corrected chi connectivity index (χ3v) is 5.37. The Morgan fingerprint density at radius 3 is 2.03 bits per heavy atom. The van der Waals surface area contributed by atoms with Gasteiger partial charge in [0.25, 0.3) is 0 Å². The van der Waals surface area contributed by atoms with Gasteiger partial charge in [0.1, 0.15) is 6.04 Å². The second-order valence-corrected chi connectivity index (χ2v) is 9.68. The third kappa shape index (κ3) is 8.20. The number of hydrazine groups is 1. The first-order valence-electron chi connectivity index (χ1n) is 11.4. The van der Waals surface area contributed by atoms with Crippen molar-refractivity contribution < 1.29 is 9.59 Å². The van der Waals surface area contributed by atoms with Gasteiger partial charge >= 0.3 is 0 Å². The molecule has 0 bridgehead atoms. The molecule has 0 saturated heterocycles. The number of carbonyl (C=O) groups is 2. The summed E-state index contributed by atoms with van der Waals surface area (Å²) in [5.74, 6) is 0.485. The van der Waals surface area contributed by atoms with Gasteiger partial charge in [0.15, 0.2) is 5.78 Å². The summed E-state index contributed by atoms with van der Waals surface area (Å²) in [6, 6.07) is 19.4. The van der Waals surface area contributed by atoms with E-state index in [1.54, 1.807) is 5.01 Å². The smallest absolute Gasteiger partial charge is 0.241 e. The first-order valence-corrected chi connectivity index (χ1v) is 11.4. The molecule has 1 atom stereocenters. The molecule has 1 N–H and O–H groups in total. The van der Waals surface area contributed by atoms with Crippen LogP contribution in [0.25, 0.3) is 0 Å². The van der Waals surface area contributed by atoms with Gasteiger partial charge < -0.3 is 0 Å². The van der Waals surface area contributed by atoms with Crippen molar-refractivity contribution in [3.05, 3.63) is 66.2 Å². The van der Waals surface area contributed by atoms with Gasteiger partial charge in [-0.2, -0.15) is 0 Å². The van der Waals surface area contributed by atoms with Gasteiger partial charge in [0.2, 0.25) is 5.91 Å². The largest absolute Gasteiger partial charge is 0.297 e. The second-order valence-electron chi connectivity index (χ2n) is 9.68. The Morgan fingerprint density at radius 1 is 0.903 bits per heavy atom. The number of hydrogen-bond donors (Lipinski definition) is 1. The zero-order valence-corrected chi connectivity index (χ0v) is 19.7. The highest BCUT2D eigenvalue weighted by Crippen LogP contribution is 2.25. The minimum absolute atomic E-state index is 0.0279. The van der Waals surface area contributed by atoms with Crippen LogP contribution in [-0.4, -0.2) is 22.7 Å². The highest BCUT2D eigenvalue weighted by atomic mass is 16.2. The first-order chi connectivity index (χ1) is 14.7. The molecule has 2 aromatic rings. The SMILES string of the molecule is CC(C)CCC(=O)N(Nc1ccccc1)[C@H](CCCc1ccccc1)C(=O)C(C)(C)C. The minimum Gasteiger partial charge on any atom is -0.297 e. The van der Waals surface area contributed by atoms with Crippen LogP contribution in [0, 0.1) is 11.3 Å². The number of ketones is 1. The maximum atomic E-state index is 13.4. The number of nitrogens with zero attached hydrogens (tertiary/aromatic N) is 1. The van der Waals surface area contributed by atoms with E-state index < -0.39 is 11.5 Å². The number of carbonyl (C=O) groups excluding carboxylic acids is 2. The van der Waals surface area contributed by atoms with E-state index in [2.05, 4.69) is 31.4 Å². The standard InChI is InChI=1S/C27H38N2O2/c1-21(2)19-20-25(30)29(28-23-16-10-7-11-17-23)24(26(31)27(3,4)5)18-12-15-22-13-8-6-9-14-22/h6-11,13-14,16-17,21,24,28H,12,15,18-20H2,1-5H3/t24-/m1/s1. The quantitative estimate of drug-likeness (QED) is 0.433. The van der Waals surface area contributed by atoms with Crippen LogP contribution in [0.4, 0.5) is 5.69 Å². The average Bonchev–Trinajstić information content (AvgIpc) is 2.74. The number of amides is 1. The second kappa shape index (κ2) is 11.7. The lowest BCUT2D eigenvalue weighted by Gasteiger charge is -2.35. The summed E-state index contributed by atoms with van der Waals surface area (Å²) in [5.41, 5.74) is 4.80. The molecule has 0 aliphatic heterocycles. The molecule has 0 unspecified atom stereocenters. The lowest BCUT2D eigenvalue weighted by molar-refractivity contribution is -0.142. The van der Waals surface area contributed by atoms with E-state index in [0.29, 0.717) is 18.8 Å². The summed E-state index contributed by atoms with van der Waals surface area (Å²) in [5, 5.41) is 1.61. The van der Waals surface area contributed by atoms with Crippen LogP contribution in [-0.2, 0) is 16.0 Å². The van der Waals surface area contributed by atoms with E-state index in [9.17, 15) is 9.59 Å². The van der Waals surface area contributed by atoms with Gasteiger partial charge in [-0.1, -0.05) is 83.1 Å². The molecule has 2 rings (SSSR count). The van der Waals surface area contributed by atoms with Crippen LogP contribution in [0.15, 0.2) is 60.7 Å². The van der Waals surface area contributed by atoms with Gasteiger partial charge in [-0.05, 0) is 49.3 Å². The Labute approximate surface area is 188 Å². The number of anilines is 1. The highest BCUT2D eigenvalue weighted by molar-refractivity contribution is 5.93. The zero-order chi connectivity index (χ0) is 22.9. The van der Waals surface area contributed by atoms with Crippen molar-refractivity contribution in [2.24, 2.45) is 11.3 Å². The number of para-hydroxylation sites is 1. The van der Waals surface area contributed by atoms with E-state index in [0.717, 1.165) is 24.9 Å². The number of rotatable bonds is 11. The van der Waals surface area contributed by atoms with Crippen LogP contribution < -0.4 is 5.43 Å². The summed E-state index contributed by atoms with van der Waals surface area (Å²) >= 11 is 0. The molecule has 4 heteroatoms. The van der Waals surface area contributed by atoms with Crippen molar-refractivity contribution in [1.82, 2.24) is 5.01 Å². The Hall–Kier alpha value is -2.62. The number of hydrogen-bond acceptors (Lipinski definition) is 3. The number of Topliss-reactive ketones (excluding diaryl/α,β-unsaturated/α-hetero) is 1. The van der Waals surface area contributed by atoms with Crippen LogP contribution in [0.5, 0.6) is 0 Å².